The van der Waals surface area contributed by atoms with E-state index in [1.165, 1.54) is 29.2 Å². The van der Waals surface area contributed by atoms with Crippen LogP contribution in [0.4, 0.5) is 4.39 Å². The molecular formula is C18H15FN2OS. The topological polar surface area (TPSA) is 32.7 Å². The van der Waals surface area contributed by atoms with Gasteiger partial charge in [0, 0.05) is 11.1 Å². The molecule has 0 aliphatic carbocycles. The number of amides is 1. The summed E-state index contributed by atoms with van der Waals surface area (Å²) in [6.07, 6.45) is 0. The van der Waals surface area contributed by atoms with Gasteiger partial charge in [-0.2, -0.15) is 0 Å². The van der Waals surface area contributed by atoms with E-state index in [2.05, 4.69) is 4.99 Å². The third-order valence-corrected chi connectivity index (χ3v) is 4.06. The summed E-state index contributed by atoms with van der Waals surface area (Å²) in [5.41, 5.74) is 1.10. The molecule has 0 bridgehead atoms. The molecule has 1 amide bonds. The molecule has 0 fully saturated rings. The maximum absolute atomic E-state index is 13.1. The Balaban J connectivity index is 1.97. The smallest absolute Gasteiger partial charge is 0.260 e. The van der Waals surface area contributed by atoms with E-state index in [4.69, 9.17) is 12.2 Å². The van der Waals surface area contributed by atoms with Crippen molar-refractivity contribution in [3.63, 3.8) is 0 Å². The van der Waals surface area contributed by atoms with E-state index in [0.717, 1.165) is 5.56 Å². The van der Waals surface area contributed by atoms with Gasteiger partial charge < -0.3 is 0 Å². The van der Waals surface area contributed by atoms with Crippen molar-refractivity contribution in [1.82, 2.24) is 4.90 Å². The SMILES string of the molecule is CC1(C)N=C(c2ccccc2)C(=S)N1C(=O)c1ccc(F)cc1. The molecule has 0 spiro atoms. The van der Waals surface area contributed by atoms with Crippen LogP contribution in [-0.2, 0) is 0 Å². The van der Waals surface area contributed by atoms with Crippen LogP contribution in [0.15, 0.2) is 59.6 Å². The fourth-order valence-corrected chi connectivity index (χ4v) is 3.04. The Morgan fingerprint density at radius 3 is 2.30 bits per heavy atom. The monoisotopic (exact) mass is 326 g/mol. The summed E-state index contributed by atoms with van der Waals surface area (Å²) in [4.78, 5) is 19.3. The predicted octanol–water partition coefficient (Wildman–Crippen LogP) is 3.83. The van der Waals surface area contributed by atoms with E-state index in [1.807, 2.05) is 44.2 Å². The van der Waals surface area contributed by atoms with E-state index < -0.39 is 5.66 Å². The predicted molar refractivity (Wildman–Crippen MR) is 92.2 cm³/mol. The molecule has 0 unspecified atom stereocenters. The molecule has 0 saturated heterocycles. The van der Waals surface area contributed by atoms with Gasteiger partial charge in [-0.05, 0) is 38.1 Å². The van der Waals surface area contributed by atoms with Gasteiger partial charge in [0.1, 0.15) is 22.2 Å². The van der Waals surface area contributed by atoms with Crippen LogP contribution in [0.2, 0.25) is 0 Å². The Labute approximate surface area is 139 Å². The highest BCUT2D eigenvalue weighted by Gasteiger charge is 2.42. The molecule has 116 valence electrons. The first-order valence-electron chi connectivity index (χ1n) is 7.20. The number of halogens is 1. The summed E-state index contributed by atoms with van der Waals surface area (Å²) in [5.74, 6) is -0.666. The van der Waals surface area contributed by atoms with Gasteiger partial charge in [-0.3, -0.25) is 14.7 Å². The van der Waals surface area contributed by atoms with Crippen LogP contribution in [-0.4, -0.2) is 27.2 Å². The second kappa shape index (κ2) is 5.66. The minimum absolute atomic E-state index is 0.283. The van der Waals surface area contributed by atoms with Crippen LogP contribution in [0.25, 0.3) is 0 Å². The molecule has 3 nitrogen and oxygen atoms in total. The zero-order chi connectivity index (χ0) is 16.6. The highest BCUT2D eigenvalue weighted by Crippen LogP contribution is 2.29. The van der Waals surface area contributed by atoms with Crippen LogP contribution < -0.4 is 0 Å². The van der Waals surface area contributed by atoms with Crippen LogP contribution in [0.5, 0.6) is 0 Å². The molecule has 1 aliphatic heterocycles. The number of hydrogen-bond acceptors (Lipinski definition) is 3. The van der Waals surface area contributed by atoms with E-state index >= 15 is 0 Å². The van der Waals surface area contributed by atoms with Gasteiger partial charge in [0.2, 0.25) is 0 Å². The number of nitrogens with zero attached hydrogens (tertiary/aromatic N) is 2. The first-order chi connectivity index (χ1) is 10.9. The summed E-state index contributed by atoms with van der Waals surface area (Å²) in [5, 5.41) is 0. The molecule has 5 heteroatoms. The quantitative estimate of drug-likeness (QED) is 0.786. The second-order valence-corrected chi connectivity index (χ2v) is 6.16. The Bertz CT molecular complexity index is 798. The lowest BCUT2D eigenvalue weighted by atomic mass is 10.1. The Hall–Kier alpha value is -2.40. The van der Waals surface area contributed by atoms with Crippen molar-refractivity contribution < 1.29 is 9.18 Å². The largest absolute Gasteiger partial charge is 0.272 e. The van der Waals surface area contributed by atoms with Gasteiger partial charge in [0.05, 0.1) is 0 Å². The van der Waals surface area contributed by atoms with Gasteiger partial charge in [0.25, 0.3) is 5.91 Å². The van der Waals surface area contributed by atoms with Crippen LogP contribution >= 0.6 is 12.2 Å². The standard InChI is InChI=1S/C18H15FN2OS/c1-18(2)20-15(12-6-4-3-5-7-12)17(23)21(18)16(22)13-8-10-14(19)11-9-13/h3-11H,1-2H3. The summed E-state index contributed by atoms with van der Waals surface area (Å²) >= 11 is 5.50. The molecule has 3 rings (SSSR count). The molecule has 0 atom stereocenters. The third-order valence-electron chi connectivity index (χ3n) is 3.68. The maximum Gasteiger partial charge on any atom is 0.260 e. The second-order valence-electron chi connectivity index (χ2n) is 5.77. The van der Waals surface area contributed by atoms with Gasteiger partial charge in [-0.1, -0.05) is 42.5 Å². The Kier molecular flexibility index (Phi) is 3.82. The molecule has 2 aromatic carbocycles. The number of rotatable bonds is 2. The van der Waals surface area contributed by atoms with Gasteiger partial charge in [0.15, 0.2) is 0 Å². The number of carbonyl (C=O) groups is 1. The number of thiocarbonyl (C=S) groups is 1. The molecule has 1 aliphatic rings. The molecule has 23 heavy (non-hydrogen) atoms. The van der Waals surface area contributed by atoms with Crippen molar-refractivity contribution in [3.05, 3.63) is 71.5 Å². The number of benzene rings is 2. The average Bonchev–Trinajstić information content (AvgIpc) is 2.78. The molecule has 1 heterocycles. The average molecular weight is 326 g/mol. The van der Waals surface area contributed by atoms with Crippen molar-refractivity contribution >= 4 is 28.8 Å². The minimum atomic E-state index is -0.784. The van der Waals surface area contributed by atoms with Gasteiger partial charge in [-0.25, -0.2) is 4.39 Å². The first-order valence-corrected chi connectivity index (χ1v) is 7.61. The first kappa shape index (κ1) is 15.5. The van der Waals surface area contributed by atoms with Crippen LogP contribution in [0.1, 0.15) is 29.8 Å². The highest BCUT2D eigenvalue weighted by molar-refractivity contribution is 7.82. The van der Waals surface area contributed by atoms with E-state index in [0.29, 0.717) is 16.3 Å². The summed E-state index contributed by atoms with van der Waals surface area (Å²) in [7, 11) is 0. The van der Waals surface area contributed by atoms with Crippen LogP contribution in [0.3, 0.4) is 0 Å². The lowest BCUT2D eigenvalue weighted by molar-refractivity contribution is 0.0758. The molecule has 0 aromatic heterocycles. The summed E-state index contributed by atoms with van der Waals surface area (Å²) in [6, 6.07) is 15.0. The van der Waals surface area contributed by atoms with E-state index in [-0.39, 0.29) is 11.7 Å². The highest BCUT2D eigenvalue weighted by atomic mass is 32.1. The van der Waals surface area contributed by atoms with Crippen molar-refractivity contribution in [2.75, 3.05) is 0 Å². The molecule has 0 saturated carbocycles. The third kappa shape index (κ3) is 2.80. The maximum atomic E-state index is 13.1. The minimum Gasteiger partial charge on any atom is -0.272 e. The fraction of sp³-hybridized carbons (Fsp3) is 0.167. The number of carbonyl (C=O) groups excluding carboxylic acids is 1. The van der Waals surface area contributed by atoms with Gasteiger partial charge >= 0.3 is 0 Å². The van der Waals surface area contributed by atoms with Crippen molar-refractivity contribution in [3.8, 4) is 0 Å². The lowest BCUT2D eigenvalue weighted by Gasteiger charge is -2.29. The summed E-state index contributed by atoms with van der Waals surface area (Å²) in [6.45, 7) is 3.66. The summed E-state index contributed by atoms with van der Waals surface area (Å²) < 4.78 is 13.1. The lowest BCUT2D eigenvalue weighted by Crippen LogP contribution is -2.46. The normalized spacial score (nSPS) is 16.4. The fourth-order valence-electron chi connectivity index (χ4n) is 2.57. The molecule has 2 aromatic rings. The molecule has 0 N–H and O–H groups in total. The van der Waals surface area contributed by atoms with Crippen molar-refractivity contribution in [2.24, 2.45) is 4.99 Å². The zero-order valence-corrected chi connectivity index (χ0v) is 13.6. The number of aliphatic imine (C=N–C) groups is 1. The van der Waals surface area contributed by atoms with E-state index in [9.17, 15) is 9.18 Å². The van der Waals surface area contributed by atoms with Crippen molar-refractivity contribution in [1.29, 1.82) is 0 Å². The molecular weight excluding hydrogens is 311 g/mol. The van der Waals surface area contributed by atoms with E-state index in [1.54, 1.807) is 0 Å². The zero-order valence-electron chi connectivity index (χ0n) is 12.8. The van der Waals surface area contributed by atoms with Crippen molar-refractivity contribution in [2.45, 2.75) is 19.5 Å². The molecule has 0 radical (unpaired) electrons. The number of hydrogen-bond donors (Lipinski definition) is 0. The van der Waals surface area contributed by atoms with Gasteiger partial charge in [-0.15, -0.1) is 0 Å². The van der Waals surface area contributed by atoms with Crippen LogP contribution in [0, 0.1) is 5.82 Å². The Morgan fingerprint density at radius 1 is 1.09 bits per heavy atom. The Morgan fingerprint density at radius 2 is 1.70 bits per heavy atom.